The summed E-state index contributed by atoms with van der Waals surface area (Å²) >= 11 is 0. The number of anilines is 1. The number of benzene rings is 1. The Morgan fingerprint density at radius 3 is 2.80 bits per heavy atom. The van der Waals surface area contributed by atoms with Crippen molar-refractivity contribution in [2.45, 2.75) is 18.9 Å². The average Bonchev–Trinajstić information content (AvgIpc) is 2.89. The van der Waals surface area contributed by atoms with Gasteiger partial charge in [-0.15, -0.1) is 0 Å². The summed E-state index contributed by atoms with van der Waals surface area (Å²) in [5, 5.41) is 0. The SMILES string of the molecule is Nc1cc(C(=O)N2CCN3CCCC3C2)c(F)cc1F. The minimum Gasteiger partial charge on any atom is -0.396 e. The first-order valence-corrected chi connectivity index (χ1v) is 6.84. The Kier molecular flexibility index (Phi) is 3.33. The van der Waals surface area contributed by atoms with Crippen LogP contribution in [0, 0.1) is 11.6 Å². The van der Waals surface area contributed by atoms with Gasteiger partial charge in [-0.05, 0) is 25.5 Å². The molecule has 108 valence electrons. The fraction of sp³-hybridized carbons (Fsp3) is 0.500. The molecule has 1 amide bonds. The van der Waals surface area contributed by atoms with E-state index in [2.05, 4.69) is 4.90 Å². The number of nitrogen functional groups attached to an aromatic ring is 1. The number of amides is 1. The van der Waals surface area contributed by atoms with Crippen molar-refractivity contribution in [3.05, 3.63) is 29.3 Å². The predicted octanol–water partition coefficient (Wildman–Crippen LogP) is 1.47. The summed E-state index contributed by atoms with van der Waals surface area (Å²) in [6, 6.07) is 2.14. The Morgan fingerprint density at radius 1 is 1.20 bits per heavy atom. The molecule has 0 bridgehead atoms. The second-order valence-electron chi connectivity index (χ2n) is 5.44. The second-order valence-corrected chi connectivity index (χ2v) is 5.44. The standard InChI is InChI=1S/C14H17F2N3O/c15-11-7-12(16)13(17)6-10(11)14(20)19-5-4-18-3-1-2-9(18)8-19/h6-7,9H,1-5,8,17H2. The Balaban J connectivity index is 1.80. The van der Waals surface area contributed by atoms with Gasteiger partial charge in [0.2, 0.25) is 0 Å². The summed E-state index contributed by atoms with van der Waals surface area (Å²) < 4.78 is 26.9. The van der Waals surface area contributed by atoms with Crippen LogP contribution < -0.4 is 5.73 Å². The number of hydrogen-bond donors (Lipinski definition) is 1. The molecule has 1 aromatic rings. The highest BCUT2D eigenvalue weighted by molar-refractivity contribution is 5.95. The monoisotopic (exact) mass is 281 g/mol. The lowest BCUT2D eigenvalue weighted by Gasteiger charge is -2.37. The summed E-state index contributed by atoms with van der Waals surface area (Å²) in [6.45, 7) is 3.07. The normalized spacial score (nSPS) is 22.9. The first kappa shape index (κ1) is 13.3. The lowest BCUT2D eigenvalue weighted by Crippen LogP contribution is -2.52. The van der Waals surface area contributed by atoms with Crippen molar-refractivity contribution >= 4 is 11.6 Å². The van der Waals surface area contributed by atoms with Gasteiger partial charge in [0.15, 0.2) is 0 Å². The zero-order valence-corrected chi connectivity index (χ0v) is 11.1. The highest BCUT2D eigenvalue weighted by atomic mass is 19.1. The smallest absolute Gasteiger partial charge is 0.257 e. The molecule has 20 heavy (non-hydrogen) atoms. The maximum atomic E-state index is 13.8. The molecule has 1 atom stereocenters. The fourth-order valence-corrected chi connectivity index (χ4v) is 3.08. The van der Waals surface area contributed by atoms with E-state index in [1.165, 1.54) is 0 Å². The molecule has 6 heteroatoms. The molecule has 1 unspecified atom stereocenters. The van der Waals surface area contributed by atoms with Gasteiger partial charge in [0.1, 0.15) is 11.6 Å². The van der Waals surface area contributed by atoms with Crippen LogP contribution in [0.4, 0.5) is 14.5 Å². The Bertz CT molecular complexity index is 549. The van der Waals surface area contributed by atoms with E-state index in [4.69, 9.17) is 5.73 Å². The first-order valence-electron chi connectivity index (χ1n) is 6.84. The molecule has 0 aromatic heterocycles. The third kappa shape index (κ3) is 2.24. The van der Waals surface area contributed by atoms with Crippen LogP contribution in [0.1, 0.15) is 23.2 Å². The summed E-state index contributed by atoms with van der Waals surface area (Å²) in [7, 11) is 0. The zero-order valence-electron chi connectivity index (χ0n) is 11.1. The van der Waals surface area contributed by atoms with Gasteiger partial charge in [-0.25, -0.2) is 8.78 Å². The number of fused-ring (bicyclic) bond motifs is 1. The molecule has 0 aliphatic carbocycles. The summed E-state index contributed by atoms with van der Waals surface area (Å²) in [4.78, 5) is 16.4. The van der Waals surface area contributed by atoms with E-state index in [0.29, 0.717) is 25.2 Å². The lowest BCUT2D eigenvalue weighted by atomic mass is 10.1. The highest BCUT2D eigenvalue weighted by Gasteiger charge is 2.33. The number of piperazine rings is 1. The number of halogens is 2. The van der Waals surface area contributed by atoms with Crippen molar-refractivity contribution in [2.75, 3.05) is 31.9 Å². The molecule has 0 spiro atoms. The van der Waals surface area contributed by atoms with E-state index in [1.54, 1.807) is 4.90 Å². The van der Waals surface area contributed by atoms with Crippen molar-refractivity contribution in [3.63, 3.8) is 0 Å². The van der Waals surface area contributed by atoms with Crippen molar-refractivity contribution in [1.82, 2.24) is 9.80 Å². The van der Waals surface area contributed by atoms with Crippen molar-refractivity contribution in [3.8, 4) is 0 Å². The topological polar surface area (TPSA) is 49.6 Å². The van der Waals surface area contributed by atoms with Gasteiger partial charge in [-0.2, -0.15) is 0 Å². The number of carbonyl (C=O) groups is 1. The Hall–Kier alpha value is -1.69. The van der Waals surface area contributed by atoms with Crippen LogP contribution >= 0.6 is 0 Å². The van der Waals surface area contributed by atoms with E-state index < -0.39 is 17.5 Å². The minimum absolute atomic E-state index is 0.143. The van der Waals surface area contributed by atoms with Gasteiger partial charge in [0, 0.05) is 31.7 Å². The molecular weight excluding hydrogens is 264 g/mol. The molecule has 2 saturated heterocycles. The van der Waals surface area contributed by atoms with Crippen molar-refractivity contribution in [2.24, 2.45) is 0 Å². The zero-order chi connectivity index (χ0) is 14.3. The molecule has 2 aliphatic heterocycles. The van der Waals surface area contributed by atoms with Gasteiger partial charge in [0.25, 0.3) is 5.91 Å². The molecule has 2 fully saturated rings. The lowest BCUT2D eigenvalue weighted by molar-refractivity contribution is 0.0567. The predicted molar refractivity (Wildman–Crippen MR) is 71.3 cm³/mol. The van der Waals surface area contributed by atoms with E-state index in [-0.39, 0.29) is 11.3 Å². The molecule has 4 nitrogen and oxygen atoms in total. The fourth-order valence-electron chi connectivity index (χ4n) is 3.08. The summed E-state index contributed by atoms with van der Waals surface area (Å²) in [6.07, 6.45) is 2.21. The third-order valence-corrected chi connectivity index (χ3v) is 4.19. The van der Waals surface area contributed by atoms with Crippen LogP contribution in [0.2, 0.25) is 0 Å². The maximum Gasteiger partial charge on any atom is 0.257 e. The number of hydrogen-bond acceptors (Lipinski definition) is 3. The Labute approximate surface area is 116 Å². The van der Waals surface area contributed by atoms with Crippen LogP contribution in [0.15, 0.2) is 12.1 Å². The summed E-state index contributed by atoms with van der Waals surface area (Å²) in [5.74, 6) is -2.09. The van der Waals surface area contributed by atoms with E-state index >= 15 is 0 Å². The van der Waals surface area contributed by atoms with Gasteiger partial charge in [0.05, 0.1) is 11.3 Å². The second kappa shape index (κ2) is 5.01. The third-order valence-electron chi connectivity index (χ3n) is 4.19. The number of nitrogens with two attached hydrogens (primary N) is 1. The minimum atomic E-state index is -0.851. The van der Waals surface area contributed by atoms with E-state index in [1.807, 2.05) is 0 Å². The summed E-state index contributed by atoms with van der Waals surface area (Å²) in [5.41, 5.74) is 5.08. The molecule has 2 aliphatic rings. The number of rotatable bonds is 1. The van der Waals surface area contributed by atoms with Crippen LogP contribution in [0.25, 0.3) is 0 Å². The maximum absolute atomic E-state index is 13.8. The van der Waals surface area contributed by atoms with Crippen molar-refractivity contribution < 1.29 is 13.6 Å². The van der Waals surface area contributed by atoms with Crippen LogP contribution in [0.5, 0.6) is 0 Å². The van der Waals surface area contributed by atoms with E-state index in [9.17, 15) is 13.6 Å². The molecule has 2 heterocycles. The van der Waals surface area contributed by atoms with Crippen LogP contribution in [-0.4, -0.2) is 47.9 Å². The van der Waals surface area contributed by atoms with Gasteiger partial charge in [-0.1, -0.05) is 0 Å². The molecule has 2 N–H and O–H groups in total. The quantitative estimate of drug-likeness (QED) is 0.793. The Morgan fingerprint density at radius 2 is 2.00 bits per heavy atom. The molecular formula is C14H17F2N3O. The van der Waals surface area contributed by atoms with Crippen LogP contribution in [-0.2, 0) is 0 Å². The molecule has 0 saturated carbocycles. The molecule has 3 rings (SSSR count). The van der Waals surface area contributed by atoms with Gasteiger partial charge < -0.3 is 10.6 Å². The van der Waals surface area contributed by atoms with Gasteiger partial charge >= 0.3 is 0 Å². The van der Waals surface area contributed by atoms with E-state index in [0.717, 1.165) is 32.0 Å². The highest BCUT2D eigenvalue weighted by Crippen LogP contribution is 2.24. The van der Waals surface area contributed by atoms with Crippen molar-refractivity contribution in [1.29, 1.82) is 0 Å². The molecule has 1 aromatic carbocycles. The largest absolute Gasteiger partial charge is 0.396 e. The van der Waals surface area contributed by atoms with Crippen LogP contribution in [0.3, 0.4) is 0 Å². The van der Waals surface area contributed by atoms with Gasteiger partial charge in [-0.3, -0.25) is 9.69 Å². The number of nitrogens with zero attached hydrogens (tertiary/aromatic N) is 2. The number of carbonyl (C=O) groups excluding carboxylic acids is 1. The first-order chi connectivity index (χ1) is 9.56. The molecule has 0 radical (unpaired) electrons. The average molecular weight is 281 g/mol.